The minimum atomic E-state index is 0.203. The molecule has 0 saturated carbocycles. The Hall–Kier alpha value is -2.41. The Balaban J connectivity index is 2.37. The molecule has 0 radical (unpaired) electrons. The molecule has 0 spiro atoms. The third kappa shape index (κ3) is 3.57. The van der Waals surface area contributed by atoms with Crippen molar-refractivity contribution in [2.45, 2.75) is 19.8 Å². The highest BCUT2D eigenvalue weighted by Crippen LogP contribution is 2.29. The van der Waals surface area contributed by atoms with Gasteiger partial charge in [-0.05, 0) is 17.5 Å². The molecule has 0 aliphatic heterocycles. The molecule has 0 bridgehead atoms. The maximum Gasteiger partial charge on any atom is 0.328 e. The Morgan fingerprint density at radius 3 is 2.48 bits per heavy atom. The van der Waals surface area contributed by atoms with E-state index < -0.39 is 0 Å². The van der Waals surface area contributed by atoms with E-state index in [4.69, 9.17) is 10.6 Å². The van der Waals surface area contributed by atoms with Gasteiger partial charge in [0.2, 0.25) is 11.9 Å². The van der Waals surface area contributed by atoms with Crippen LogP contribution in [0.2, 0.25) is 0 Å². The Bertz CT molecular complexity index is 614. The first-order valence-corrected chi connectivity index (χ1v) is 6.68. The van der Waals surface area contributed by atoms with Crippen LogP contribution in [-0.2, 0) is 0 Å². The lowest BCUT2D eigenvalue weighted by Gasteiger charge is -2.15. The minimum absolute atomic E-state index is 0.203. The van der Waals surface area contributed by atoms with Gasteiger partial charge in [-0.1, -0.05) is 32.0 Å². The van der Waals surface area contributed by atoms with Crippen molar-refractivity contribution in [3.63, 3.8) is 0 Å². The fourth-order valence-electron chi connectivity index (χ4n) is 1.80. The molecule has 3 N–H and O–H groups in total. The van der Waals surface area contributed by atoms with E-state index in [1.54, 1.807) is 4.90 Å². The van der Waals surface area contributed by atoms with Gasteiger partial charge < -0.3 is 9.64 Å². The number of para-hydroxylation sites is 1. The van der Waals surface area contributed by atoms with E-state index in [9.17, 15) is 0 Å². The van der Waals surface area contributed by atoms with Crippen molar-refractivity contribution >= 4 is 11.9 Å². The molecular formula is C14H20N6O. The molecule has 0 atom stereocenters. The normalized spacial score (nSPS) is 10.6. The Morgan fingerprint density at radius 2 is 1.86 bits per heavy atom. The van der Waals surface area contributed by atoms with Crippen LogP contribution in [0.25, 0.3) is 0 Å². The maximum atomic E-state index is 5.82. The molecule has 0 saturated heterocycles. The van der Waals surface area contributed by atoms with Crippen molar-refractivity contribution in [2.24, 2.45) is 5.84 Å². The van der Waals surface area contributed by atoms with Gasteiger partial charge in [-0.25, -0.2) is 5.84 Å². The summed E-state index contributed by atoms with van der Waals surface area (Å²) in [4.78, 5) is 14.3. The monoisotopic (exact) mass is 288 g/mol. The summed E-state index contributed by atoms with van der Waals surface area (Å²) in [6.45, 7) is 4.21. The highest BCUT2D eigenvalue weighted by molar-refractivity contribution is 5.40. The largest absolute Gasteiger partial charge is 0.424 e. The average molecular weight is 288 g/mol. The molecule has 2 aromatic rings. The quantitative estimate of drug-likeness (QED) is 0.643. The predicted octanol–water partition coefficient (Wildman–Crippen LogP) is 2.14. The molecule has 1 aromatic heterocycles. The summed E-state index contributed by atoms with van der Waals surface area (Å²) in [5.74, 6) is 7.17. The number of nitrogens with zero attached hydrogens (tertiary/aromatic N) is 4. The molecule has 7 heteroatoms. The first-order chi connectivity index (χ1) is 10.0. The molecule has 1 heterocycles. The number of hydrogen-bond acceptors (Lipinski definition) is 7. The van der Waals surface area contributed by atoms with Gasteiger partial charge >= 0.3 is 6.01 Å². The number of hydrogen-bond donors (Lipinski definition) is 2. The van der Waals surface area contributed by atoms with E-state index in [1.165, 1.54) is 0 Å². The summed E-state index contributed by atoms with van der Waals surface area (Å²) in [7, 11) is 3.67. The number of benzene rings is 1. The molecule has 112 valence electrons. The van der Waals surface area contributed by atoms with Crippen molar-refractivity contribution in [1.82, 2.24) is 15.0 Å². The Morgan fingerprint density at radius 1 is 1.14 bits per heavy atom. The molecule has 0 unspecified atom stereocenters. The zero-order valence-electron chi connectivity index (χ0n) is 12.7. The summed E-state index contributed by atoms with van der Waals surface area (Å²) in [5, 5.41) is 0. The van der Waals surface area contributed by atoms with Crippen molar-refractivity contribution in [3.8, 4) is 11.8 Å². The minimum Gasteiger partial charge on any atom is -0.424 e. The SMILES string of the molecule is CC(C)c1ccccc1Oc1nc(NN)nc(N(C)C)n1. The second kappa shape index (κ2) is 6.36. The standard InChI is InChI=1S/C14H20N6O/c1-9(2)10-7-5-6-8-11(10)21-14-17-12(19-15)16-13(18-14)20(3)4/h5-9H,15H2,1-4H3,(H,16,17,18,19). The van der Waals surface area contributed by atoms with E-state index >= 15 is 0 Å². The number of nitrogens with two attached hydrogens (primary N) is 1. The lowest BCUT2D eigenvalue weighted by molar-refractivity contribution is 0.433. The fourth-order valence-corrected chi connectivity index (χ4v) is 1.80. The smallest absolute Gasteiger partial charge is 0.328 e. The van der Waals surface area contributed by atoms with Crippen LogP contribution in [0.5, 0.6) is 11.8 Å². The number of hydrazine groups is 1. The molecule has 7 nitrogen and oxygen atoms in total. The van der Waals surface area contributed by atoms with Crippen molar-refractivity contribution in [3.05, 3.63) is 29.8 Å². The third-order valence-electron chi connectivity index (χ3n) is 2.87. The van der Waals surface area contributed by atoms with Gasteiger partial charge in [0, 0.05) is 14.1 Å². The Kier molecular flexibility index (Phi) is 4.54. The zero-order valence-corrected chi connectivity index (χ0v) is 12.7. The van der Waals surface area contributed by atoms with E-state index in [0.717, 1.165) is 11.3 Å². The second-order valence-corrected chi connectivity index (χ2v) is 5.07. The average Bonchev–Trinajstić information content (AvgIpc) is 2.47. The number of anilines is 2. The molecule has 2 rings (SSSR count). The van der Waals surface area contributed by atoms with E-state index in [1.807, 2.05) is 38.4 Å². The summed E-state index contributed by atoms with van der Waals surface area (Å²) >= 11 is 0. The predicted molar refractivity (Wildman–Crippen MR) is 82.6 cm³/mol. The maximum absolute atomic E-state index is 5.82. The summed E-state index contributed by atoms with van der Waals surface area (Å²) in [6, 6.07) is 8.01. The number of ether oxygens (including phenoxy) is 1. The number of nitrogens with one attached hydrogen (secondary N) is 1. The van der Waals surface area contributed by atoms with Crippen molar-refractivity contribution in [2.75, 3.05) is 24.4 Å². The van der Waals surface area contributed by atoms with Crippen molar-refractivity contribution in [1.29, 1.82) is 0 Å². The van der Waals surface area contributed by atoms with Crippen LogP contribution >= 0.6 is 0 Å². The van der Waals surface area contributed by atoms with Gasteiger partial charge in [0.05, 0.1) is 0 Å². The first-order valence-electron chi connectivity index (χ1n) is 6.68. The summed E-state index contributed by atoms with van der Waals surface area (Å²) < 4.78 is 5.82. The van der Waals surface area contributed by atoms with Crippen LogP contribution in [0.15, 0.2) is 24.3 Å². The molecule has 0 amide bonds. The summed E-state index contributed by atoms with van der Waals surface area (Å²) in [6.07, 6.45) is 0. The first kappa shape index (κ1) is 15.0. The van der Waals surface area contributed by atoms with Crippen LogP contribution in [0.3, 0.4) is 0 Å². The molecule has 1 aromatic carbocycles. The fraction of sp³-hybridized carbons (Fsp3) is 0.357. The van der Waals surface area contributed by atoms with Gasteiger partial charge in [-0.15, -0.1) is 0 Å². The zero-order chi connectivity index (χ0) is 15.4. The van der Waals surface area contributed by atoms with Gasteiger partial charge in [0.15, 0.2) is 0 Å². The number of nitrogen functional groups attached to an aromatic ring is 1. The van der Waals surface area contributed by atoms with Crippen LogP contribution in [0.1, 0.15) is 25.3 Å². The summed E-state index contributed by atoms with van der Waals surface area (Å²) in [5.41, 5.74) is 3.51. The lowest BCUT2D eigenvalue weighted by Crippen LogP contribution is -2.17. The lowest BCUT2D eigenvalue weighted by atomic mass is 10.0. The highest BCUT2D eigenvalue weighted by Gasteiger charge is 2.12. The van der Waals surface area contributed by atoms with Gasteiger partial charge in [-0.3, -0.25) is 5.43 Å². The Labute approximate surface area is 124 Å². The molecule has 21 heavy (non-hydrogen) atoms. The van der Waals surface area contributed by atoms with Crippen LogP contribution in [-0.4, -0.2) is 29.0 Å². The number of rotatable bonds is 5. The van der Waals surface area contributed by atoms with Gasteiger partial charge in [0.1, 0.15) is 5.75 Å². The molecular weight excluding hydrogens is 268 g/mol. The second-order valence-electron chi connectivity index (χ2n) is 5.07. The van der Waals surface area contributed by atoms with Gasteiger partial charge in [0.25, 0.3) is 0 Å². The van der Waals surface area contributed by atoms with Crippen LogP contribution < -0.4 is 20.9 Å². The number of aromatic nitrogens is 3. The van der Waals surface area contributed by atoms with E-state index in [2.05, 4.69) is 34.2 Å². The van der Waals surface area contributed by atoms with Gasteiger partial charge in [-0.2, -0.15) is 15.0 Å². The van der Waals surface area contributed by atoms with E-state index in [-0.39, 0.29) is 12.0 Å². The topological polar surface area (TPSA) is 89.2 Å². The van der Waals surface area contributed by atoms with E-state index in [0.29, 0.717) is 11.9 Å². The van der Waals surface area contributed by atoms with Crippen LogP contribution in [0, 0.1) is 0 Å². The molecule has 0 fully saturated rings. The van der Waals surface area contributed by atoms with Crippen molar-refractivity contribution < 1.29 is 4.74 Å². The highest BCUT2D eigenvalue weighted by atomic mass is 16.5. The molecule has 0 aliphatic carbocycles. The van der Waals surface area contributed by atoms with Crippen LogP contribution in [0.4, 0.5) is 11.9 Å². The molecule has 0 aliphatic rings. The third-order valence-corrected chi connectivity index (χ3v) is 2.87.